The molecule has 0 saturated heterocycles. The minimum Gasteiger partial charge on any atom is -0.484 e. The Hall–Kier alpha value is -2.14. The van der Waals surface area contributed by atoms with Crippen LogP contribution in [0.3, 0.4) is 0 Å². The van der Waals surface area contributed by atoms with E-state index in [4.69, 9.17) is 16.3 Å². The summed E-state index contributed by atoms with van der Waals surface area (Å²) >= 11 is 5.19. The number of fused-ring (bicyclic) bond motifs is 1. The molecule has 6 heteroatoms. The number of hydrogen-bond acceptors (Lipinski definition) is 4. The van der Waals surface area contributed by atoms with E-state index in [1.807, 2.05) is 0 Å². The lowest BCUT2D eigenvalue weighted by Gasteiger charge is -2.07. The lowest BCUT2D eigenvalue weighted by molar-refractivity contribution is -0.383. The van der Waals surface area contributed by atoms with Gasteiger partial charge in [-0.3, -0.25) is 14.9 Å². The minimum absolute atomic E-state index is 0.00449. The molecule has 0 amide bonds. The Labute approximate surface area is 107 Å². The number of benzene rings is 2. The molecule has 18 heavy (non-hydrogen) atoms. The molecule has 0 heterocycles. The van der Waals surface area contributed by atoms with E-state index in [1.54, 1.807) is 24.3 Å². The van der Waals surface area contributed by atoms with Gasteiger partial charge in [0.25, 0.3) is 10.9 Å². The fourth-order valence-corrected chi connectivity index (χ4v) is 1.73. The van der Waals surface area contributed by atoms with Crippen LogP contribution in [0.1, 0.15) is 0 Å². The van der Waals surface area contributed by atoms with E-state index in [2.05, 4.69) is 0 Å². The van der Waals surface area contributed by atoms with Gasteiger partial charge in [0.15, 0.2) is 6.61 Å². The van der Waals surface area contributed by atoms with Crippen molar-refractivity contribution < 1.29 is 14.5 Å². The molecule has 5 nitrogen and oxygen atoms in total. The average Bonchev–Trinajstić information content (AvgIpc) is 2.35. The van der Waals surface area contributed by atoms with Crippen molar-refractivity contribution in [2.45, 2.75) is 0 Å². The Bertz CT molecular complexity index is 627. The average molecular weight is 266 g/mol. The molecule has 0 aliphatic carbocycles. The van der Waals surface area contributed by atoms with Crippen LogP contribution in [0.5, 0.6) is 5.75 Å². The molecule has 2 rings (SSSR count). The van der Waals surface area contributed by atoms with Crippen LogP contribution in [0, 0.1) is 10.1 Å². The molecule has 0 aliphatic rings. The van der Waals surface area contributed by atoms with Gasteiger partial charge in [-0.15, -0.1) is 0 Å². The summed E-state index contributed by atoms with van der Waals surface area (Å²) in [6, 6.07) is 9.56. The van der Waals surface area contributed by atoms with Gasteiger partial charge in [-0.05, 0) is 23.7 Å². The standard InChI is InChI=1S/C12H8ClNO4/c13-12(15)7-18-11-6-5-10(14(16)17)8-3-1-2-4-9(8)11/h1-6H,7H2. The highest BCUT2D eigenvalue weighted by atomic mass is 35.5. The second-order valence-electron chi connectivity index (χ2n) is 3.53. The van der Waals surface area contributed by atoms with Gasteiger partial charge in [0.1, 0.15) is 5.75 Å². The first-order valence-corrected chi connectivity index (χ1v) is 5.44. The van der Waals surface area contributed by atoms with Crippen molar-refractivity contribution in [1.82, 2.24) is 0 Å². The number of carbonyl (C=O) groups is 1. The summed E-state index contributed by atoms with van der Waals surface area (Å²) in [7, 11) is 0. The van der Waals surface area contributed by atoms with E-state index in [0.717, 1.165) is 0 Å². The van der Waals surface area contributed by atoms with E-state index in [9.17, 15) is 14.9 Å². The first-order valence-electron chi connectivity index (χ1n) is 5.07. The van der Waals surface area contributed by atoms with Crippen molar-refractivity contribution in [2.75, 3.05) is 6.61 Å². The quantitative estimate of drug-likeness (QED) is 0.484. The maximum absolute atomic E-state index is 10.9. The summed E-state index contributed by atoms with van der Waals surface area (Å²) in [6.45, 7) is -0.274. The van der Waals surface area contributed by atoms with E-state index in [1.165, 1.54) is 12.1 Å². The largest absolute Gasteiger partial charge is 0.484 e. The highest BCUT2D eigenvalue weighted by molar-refractivity contribution is 6.63. The number of non-ortho nitro benzene ring substituents is 1. The predicted octanol–water partition coefficient (Wildman–Crippen LogP) is 2.89. The first-order chi connectivity index (χ1) is 8.59. The highest BCUT2D eigenvalue weighted by Gasteiger charge is 2.14. The Morgan fingerprint density at radius 3 is 2.50 bits per heavy atom. The second-order valence-corrected chi connectivity index (χ2v) is 3.95. The normalized spacial score (nSPS) is 10.3. The van der Waals surface area contributed by atoms with Gasteiger partial charge in [0.05, 0.1) is 10.3 Å². The summed E-state index contributed by atoms with van der Waals surface area (Å²) < 4.78 is 5.21. The monoisotopic (exact) mass is 265 g/mol. The van der Waals surface area contributed by atoms with Crippen molar-refractivity contribution in [1.29, 1.82) is 0 Å². The molecule has 0 radical (unpaired) electrons. The van der Waals surface area contributed by atoms with Crippen molar-refractivity contribution in [3.8, 4) is 5.75 Å². The molecule has 0 N–H and O–H groups in total. The molecular formula is C12H8ClNO4. The fourth-order valence-electron chi connectivity index (χ4n) is 1.68. The molecule has 0 spiro atoms. The third-order valence-corrected chi connectivity index (χ3v) is 2.51. The molecule has 0 aromatic heterocycles. The van der Waals surface area contributed by atoms with Gasteiger partial charge in [-0.1, -0.05) is 18.2 Å². The van der Waals surface area contributed by atoms with Crippen molar-refractivity contribution in [3.63, 3.8) is 0 Å². The van der Waals surface area contributed by atoms with E-state index >= 15 is 0 Å². The van der Waals surface area contributed by atoms with E-state index < -0.39 is 10.2 Å². The first kappa shape index (κ1) is 12.3. The minimum atomic E-state index is -0.627. The zero-order valence-corrected chi connectivity index (χ0v) is 9.89. The Morgan fingerprint density at radius 2 is 1.89 bits per heavy atom. The van der Waals surface area contributed by atoms with Crippen LogP contribution in [0.4, 0.5) is 5.69 Å². The topological polar surface area (TPSA) is 69.4 Å². The number of nitro groups is 1. The molecule has 0 atom stereocenters. The van der Waals surface area contributed by atoms with Crippen LogP contribution in [0.25, 0.3) is 10.8 Å². The van der Waals surface area contributed by atoms with E-state index in [-0.39, 0.29) is 12.3 Å². The number of halogens is 1. The lowest BCUT2D eigenvalue weighted by Crippen LogP contribution is -2.04. The van der Waals surface area contributed by atoms with Crippen LogP contribution in [-0.4, -0.2) is 16.8 Å². The molecule has 92 valence electrons. The number of hydrogen-bond donors (Lipinski definition) is 0. The number of ether oxygens (including phenoxy) is 1. The van der Waals surface area contributed by atoms with Gasteiger partial charge in [0, 0.05) is 11.5 Å². The SMILES string of the molecule is O=C(Cl)COc1ccc([N+](=O)[O-])c2ccccc12. The van der Waals surface area contributed by atoms with Crippen molar-refractivity contribution >= 4 is 33.3 Å². The zero-order valence-electron chi connectivity index (χ0n) is 9.13. The van der Waals surface area contributed by atoms with Crippen LogP contribution < -0.4 is 4.74 Å². The van der Waals surface area contributed by atoms with Gasteiger partial charge < -0.3 is 4.74 Å². The fraction of sp³-hybridized carbons (Fsp3) is 0.0833. The zero-order chi connectivity index (χ0) is 13.1. The summed E-state index contributed by atoms with van der Waals surface area (Å²) in [5, 5.41) is 11.3. The predicted molar refractivity (Wildman–Crippen MR) is 67.0 cm³/mol. The highest BCUT2D eigenvalue weighted by Crippen LogP contribution is 2.32. The molecule has 0 bridgehead atoms. The Balaban J connectivity index is 2.53. The second kappa shape index (κ2) is 5.01. The molecular weight excluding hydrogens is 258 g/mol. The maximum atomic E-state index is 10.9. The van der Waals surface area contributed by atoms with Gasteiger partial charge in [-0.25, -0.2) is 0 Å². The maximum Gasteiger partial charge on any atom is 0.277 e. The number of rotatable bonds is 4. The molecule has 2 aromatic rings. The molecule has 0 saturated carbocycles. The summed E-state index contributed by atoms with van der Waals surface area (Å²) in [4.78, 5) is 21.1. The number of nitrogens with zero attached hydrogens (tertiary/aromatic N) is 1. The summed E-state index contributed by atoms with van der Waals surface area (Å²) in [6.07, 6.45) is 0. The lowest BCUT2D eigenvalue weighted by atomic mass is 10.1. The number of carbonyl (C=O) groups excluding carboxylic acids is 1. The van der Waals surface area contributed by atoms with Gasteiger partial charge in [0.2, 0.25) is 0 Å². The third kappa shape index (κ3) is 2.41. The van der Waals surface area contributed by atoms with Crippen molar-refractivity contribution in [3.05, 3.63) is 46.5 Å². The van der Waals surface area contributed by atoms with Crippen LogP contribution in [0.2, 0.25) is 0 Å². The summed E-state index contributed by atoms with van der Waals surface area (Å²) in [5.41, 5.74) is -0.00449. The molecule has 2 aromatic carbocycles. The van der Waals surface area contributed by atoms with Crippen LogP contribution >= 0.6 is 11.6 Å². The number of nitro benzene ring substituents is 1. The van der Waals surface area contributed by atoms with Gasteiger partial charge >= 0.3 is 0 Å². The molecule has 0 aliphatic heterocycles. The smallest absolute Gasteiger partial charge is 0.277 e. The van der Waals surface area contributed by atoms with Crippen LogP contribution in [-0.2, 0) is 4.79 Å². The Kier molecular flexibility index (Phi) is 3.43. The molecule has 0 fully saturated rings. The van der Waals surface area contributed by atoms with Gasteiger partial charge in [-0.2, -0.15) is 0 Å². The Morgan fingerprint density at radius 1 is 1.22 bits per heavy atom. The molecule has 0 unspecified atom stereocenters. The van der Waals surface area contributed by atoms with Crippen LogP contribution in [0.15, 0.2) is 36.4 Å². The summed E-state index contributed by atoms with van der Waals surface area (Å²) in [5.74, 6) is 0.394. The van der Waals surface area contributed by atoms with Crippen molar-refractivity contribution in [2.24, 2.45) is 0 Å². The third-order valence-electron chi connectivity index (χ3n) is 2.40. The van der Waals surface area contributed by atoms with E-state index in [0.29, 0.717) is 16.5 Å².